The summed E-state index contributed by atoms with van der Waals surface area (Å²) in [4.78, 5) is 13.4. The van der Waals surface area contributed by atoms with Crippen molar-refractivity contribution < 1.29 is 9.90 Å². The van der Waals surface area contributed by atoms with Crippen molar-refractivity contribution in [1.82, 2.24) is 5.32 Å². The van der Waals surface area contributed by atoms with Gasteiger partial charge >= 0.3 is 0 Å². The van der Waals surface area contributed by atoms with Crippen LogP contribution < -0.4 is 10.2 Å². The normalized spacial score (nSPS) is 16.8. The Labute approximate surface area is 94.9 Å². The zero-order valence-electron chi connectivity index (χ0n) is 9.15. The van der Waals surface area contributed by atoms with Crippen molar-refractivity contribution in [3.63, 3.8) is 0 Å². The minimum absolute atomic E-state index is 0.0358. The molecule has 1 amide bonds. The van der Waals surface area contributed by atoms with Gasteiger partial charge in [-0.25, -0.2) is 0 Å². The van der Waals surface area contributed by atoms with Crippen molar-refractivity contribution in [3.8, 4) is 0 Å². The highest BCUT2D eigenvalue weighted by molar-refractivity contribution is 5.77. The first-order valence-corrected chi connectivity index (χ1v) is 5.51. The molecule has 2 N–H and O–H groups in total. The van der Waals surface area contributed by atoms with Gasteiger partial charge in [0.15, 0.2) is 0 Å². The molecule has 0 saturated carbocycles. The van der Waals surface area contributed by atoms with E-state index in [-0.39, 0.29) is 12.5 Å². The van der Waals surface area contributed by atoms with Crippen molar-refractivity contribution >= 4 is 11.6 Å². The van der Waals surface area contributed by atoms with E-state index in [1.807, 2.05) is 24.3 Å². The Balaban J connectivity index is 2.19. The van der Waals surface area contributed by atoms with Gasteiger partial charge in [0.05, 0.1) is 6.61 Å². The molecule has 4 heteroatoms. The number of rotatable bonds is 2. The number of nitrogens with one attached hydrogen (secondary N) is 1. The molecule has 0 radical (unpaired) electrons. The summed E-state index contributed by atoms with van der Waals surface area (Å²) >= 11 is 0. The molecule has 4 nitrogen and oxygen atoms in total. The summed E-state index contributed by atoms with van der Waals surface area (Å²) in [5.41, 5.74) is 1.94. The average molecular weight is 220 g/mol. The third kappa shape index (κ3) is 2.33. The van der Waals surface area contributed by atoms with Crippen LogP contribution in [0.3, 0.4) is 0 Å². The predicted molar refractivity (Wildman–Crippen MR) is 62.2 cm³/mol. The molecule has 1 aliphatic rings. The Kier molecular flexibility index (Phi) is 3.41. The summed E-state index contributed by atoms with van der Waals surface area (Å²) in [6.45, 7) is 2.21. The van der Waals surface area contributed by atoms with E-state index < -0.39 is 0 Å². The molecule has 0 spiro atoms. The Morgan fingerprint density at radius 2 is 2.12 bits per heavy atom. The van der Waals surface area contributed by atoms with Gasteiger partial charge in [-0.2, -0.15) is 0 Å². The maximum absolute atomic E-state index is 11.2. The Hall–Kier alpha value is -1.55. The number of carbonyl (C=O) groups excluding carboxylic acids is 1. The lowest BCUT2D eigenvalue weighted by Crippen LogP contribution is -2.29. The molecule has 2 rings (SSSR count). The molecule has 1 aliphatic heterocycles. The lowest BCUT2D eigenvalue weighted by molar-refractivity contribution is -0.120. The van der Waals surface area contributed by atoms with Gasteiger partial charge in [0.25, 0.3) is 0 Å². The molecule has 1 aromatic carbocycles. The first-order chi connectivity index (χ1) is 7.81. The lowest BCUT2D eigenvalue weighted by atomic mass is 10.1. The van der Waals surface area contributed by atoms with Crippen LogP contribution >= 0.6 is 0 Å². The summed E-state index contributed by atoms with van der Waals surface area (Å²) in [6, 6.07) is 7.77. The van der Waals surface area contributed by atoms with E-state index in [4.69, 9.17) is 0 Å². The van der Waals surface area contributed by atoms with E-state index in [0.29, 0.717) is 19.5 Å². The third-order valence-corrected chi connectivity index (χ3v) is 2.82. The van der Waals surface area contributed by atoms with Gasteiger partial charge in [-0.3, -0.25) is 4.79 Å². The molecular formula is C12H16N2O2. The number of carbonyl (C=O) groups is 1. The summed E-state index contributed by atoms with van der Waals surface area (Å²) < 4.78 is 0. The quantitative estimate of drug-likeness (QED) is 0.763. The van der Waals surface area contributed by atoms with Crippen LogP contribution in [0.15, 0.2) is 24.3 Å². The van der Waals surface area contributed by atoms with E-state index in [9.17, 15) is 9.90 Å². The smallest absolute Gasteiger partial charge is 0.221 e. The number of anilines is 1. The molecular weight excluding hydrogens is 204 g/mol. The van der Waals surface area contributed by atoms with Crippen LogP contribution in [-0.4, -0.2) is 30.6 Å². The highest BCUT2D eigenvalue weighted by Crippen LogP contribution is 2.20. The lowest BCUT2D eigenvalue weighted by Gasteiger charge is -2.24. The molecule has 1 heterocycles. The Morgan fingerprint density at radius 1 is 1.31 bits per heavy atom. The van der Waals surface area contributed by atoms with Crippen molar-refractivity contribution in [1.29, 1.82) is 0 Å². The molecule has 86 valence electrons. The maximum atomic E-state index is 11.2. The number of aliphatic hydroxyl groups is 1. The van der Waals surface area contributed by atoms with E-state index in [1.165, 1.54) is 0 Å². The number of amides is 1. The average Bonchev–Trinajstić information content (AvgIpc) is 2.54. The van der Waals surface area contributed by atoms with E-state index >= 15 is 0 Å². The van der Waals surface area contributed by atoms with Crippen LogP contribution in [0, 0.1) is 0 Å². The number of hydrogen-bond donors (Lipinski definition) is 2. The predicted octanol–water partition coefficient (Wildman–Crippen LogP) is 0.505. The minimum Gasteiger partial charge on any atom is -0.392 e. The fourth-order valence-electron chi connectivity index (χ4n) is 1.96. The molecule has 0 unspecified atom stereocenters. The first-order valence-electron chi connectivity index (χ1n) is 5.51. The fraction of sp³-hybridized carbons (Fsp3) is 0.417. The summed E-state index contributed by atoms with van der Waals surface area (Å²) in [5, 5.41) is 12.1. The van der Waals surface area contributed by atoms with Crippen molar-refractivity contribution in [3.05, 3.63) is 29.8 Å². The summed E-state index contributed by atoms with van der Waals surface area (Å²) in [6.07, 6.45) is 0.514. The number of nitrogens with zero attached hydrogens (tertiary/aromatic N) is 1. The molecule has 1 aromatic rings. The van der Waals surface area contributed by atoms with Gasteiger partial charge in [0, 0.05) is 37.3 Å². The van der Waals surface area contributed by atoms with Gasteiger partial charge in [-0.15, -0.1) is 0 Å². The minimum atomic E-state index is 0.0358. The third-order valence-electron chi connectivity index (χ3n) is 2.82. The molecule has 0 atom stereocenters. The highest BCUT2D eigenvalue weighted by atomic mass is 16.3. The van der Waals surface area contributed by atoms with Gasteiger partial charge in [-0.05, 0) is 6.07 Å². The monoisotopic (exact) mass is 220 g/mol. The topological polar surface area (TPSA) is 52.6 Å². The van der Waals surface area contributed by atoms with Crippen LogP contribution in [0.1, 0.15) is 12.0 Å². The van der Waals surface area contributed by atoms with Gasteiger partial charge < -0.3 is 15.3 Å². The van der Waals surface area contributed by atoms with E-state index in [1.54, 1.807) is 0 Å². The number of para-hydroxylation sites is 1. The number of benzene rings is 1. The fourth-order valence-corrected chi connectivity index (χ4v) is 1.96. The summed E-state index contributed by atoms with van der Waals surface area (Å²) in [7, 11) is 0. The van der Waals surface area contributed by atoms with Gasteiger partial charge in [0.2, 0.25) is 5.91 Å². The van der Waals surface area contributed by atoms with Crippen molar-refractivity contribution in [2.24, 2.45) is 0 Å². The second-order valence-corrected chi connectivity index (χ2v) is 3.87. The molecule has 1 fully saturated rings. The molecule has 1 saturated heterocycles. The number of aliphatic hydroxyl groups excluding tert-OH is 1. The first kappa shape index (κ1) is 11.0. The second-order valence-electron chi connectivity index (χ2n) is 3.87. The van der Waals surface area contributed by atoms with Crippen molar-refractivity contribution in [2.75, 3.05) is 24.5 Å². The largest absolute Gasteiger partial charge is 0.392 e. The van der Waals surface area contributed by atoms with Crippen LogP contribution in [-0.2, 0) is 11.4 Å². The van der Waals surface area contributed by atoms with Gasteiger partial charge in [0.1, 0.15) is 0 Å². The second kappa shape index (κ2) is 4.99. The van der Waals surface area contributed by atoms with Crippen LogP contribution in [0.25, 0.3) is 0 Å². The molecule has 0 bridgehead atoms. The number of hydrogen-bond acceptors (Lipinski definition) is 3. The van der Waals surface area contributed by atoms with Crippen molar-refractivity contribution in [2.45, 2.75) is 13.0 Å². The highest BCUT2D eigenvalue weighted by Gasteiger charge is 2.15. The van der Waals surface area contributed by atoms with Crippen LogP contribution in [0.2, 0.25) is 0 Å². The van der Waals surface area contributed by atoms with E-state index in [0.717, 1.165) is 17.8 Å². The molecule has 16 heavy (non-hydrogen) atoms. The van der Waals surface area contributed by atoms with Gasteiger partial charge in [-0.1, -0.05) is 18.2 Å². The Bertz CT molecular complexity index is 379. The van der Waals surface area contributed by atoms with Crippen LogP contribution in [0.4, 0.5) is 5.69 Å². The van der Waals surface area contributed by atoms with Crippen LogP contribution in [0.5, 0.6) is 0 Å². The Morgan fingerprint density at radius 3 is 2.94 bits per heavy atom. The van der Waals surface area contributed by atoms with E-state index in [2.05, 4.69) is 10.2 Å². The maximum Gasteiger partial charge on any atom is 0.221 e. The molecule has 0 aliphatic carbocycles. The zero-order chi connectivity index (χ0) is 11.4. The molecule has 0 aromatic heterocycles. The zero-order valence-corrected chi connectivity index (χ0v) is 9.15. The SMILES string of the molecule is O=C1CCN(c2ccccc2CO)CCN1. The standard InChI is InChI=1S/C12H16N2O2/c15-9-10-3-1-2-4-11(10)14-7-5-12(16)13-6-8-14/h1-4,15H,5-9H2,(H,13,16). The summed E-state index contributed by atoms with van der Waals surface area (Å²) in [5.74, 6) is 0.101.